The summed E-state index contributed by atoms with van der Waals surface area (Å²) in [6.07, 6.45) is 3.56. The molecule has 0 unspecified atom stereocenters. The van der Waals surface area contributed by atoms with Gasteiger partial charge < -0.3 is 0 Å². The highest BCUT2D eigenvalue weighted by Crippen LogP contribution is 2.23. The largest absolute Gasteiger partial charge is 0.275 e. The molecule has 0 aromatic carbocycles. The molecule has 0 saturated heterocycles. The molecule has 4 heterocycles. The first-order chi connectivity index (χ1) is 8.81. The van der Waals surface area contributed by atoms with E-state index in [9.17, 15) is 0 Å². The minimum atomic E-state index is 0.621. The van der Waals surface area contributed by atoms with E-state index in [1.807, 2.05) is 30.8 Å². The Morgan fingerprint density at radius 2 is 2.17 bits per heavy atom. The molecule has 4 aromatic heterocycles. The second-order valence-corrected chi connectivity index (χ2v) is 4.86. The molecule has 0 amide bonds. The van der Waals surface area contributed by atoms with Crippen molar-refractivity contribution in [1.29, 1.82) is 0 Å². The molecule has 0 aliphatic heterocycles. The second kappa shape index (κ2) is 3.36. The van der Waals surface area contributed by atoms with E-state index >= 15 is 0 Å². The number of nitrogens with zero attached hydrogens (tertiary/aromatic N) is 6. The van der Waals surface area contributed by atoms with E-state index in [4.69, 9.17) is 0 Å². The van der Waals surface area contributed by atoms with Gasteiger partial charge in [-0.1, -0.05) is 0 Å². The van der Waals surface area contributed by atoms with Crippen molar-refractivity contribution < 1.29 is 0 Å². The summed E-state index contributed by atoms with van der Waals surface area (Å²) in [6.45, 7) is 0. The van der Waals surface area contributed by atoms with Gasteiger partial charge in [-0.15, -0.1) is 16.4 Å². The summed E-state index contributed by atoms with van der Waals surface area (Å²) in [5, 5.41) is 11.7. The molecule has 0 aliphatic carbocycles. The number of thiophene rings is 1. The third kappa shape index (κ3) is 1.28. The highest BCUT2D eigenvalue weighted by atomic mass is 32.1. The summed E-state index contributed by atoms with van der Waals surface area (Å²) >= 11 is 1.60. The predicted molar refractivity (Wildman–Crippen MR) is 68.4 cm³/mol. The number of hydrogen-bond acceptors (Lipinski definition) is 5. The normalized spacial score (nSPS) is 11.6. The van der Waals surface area contributed by atoms with Crippen molar-refractivity contribution in [2.45, 2.75) is 0 Å². The van der Waals surface area contributed by atoms with Crippen LogP contribution in [0.3, 0.4) is 0 Å². The highest BCUT2D eigenvalue weighted by molar-refractivity contribution is 7.16. The van der Waals surface area contributed by atoms with Crippen LogP contribution in [0.2, 0.25) is 0 Å². The SMILES string of the molecule is Cn1ccc(-c2nc3c4ccsc4ncn3n2)n1. The maximum Gasteiger partial charge on any atom is 0.202 e. The summed E-state index contributed by atoms with van der Waals surface area (Å²) in [5.74, 6) is 0.621. The number of fused-ring (bicyclic) bond motifs is 3. The first-order valence-corrected chi connectivity index (χ1v) is 6.28. The Hall–Kier alpha value is -2.28. The standard InChI is InChI=1S/C11H8N6S/c1-16-4-2-8(14-16)9-13-10-7-3-5-18-11(7)12-6-17(10)15-9/h2-6H,1H3. The molecule has 0 saturated carbocycles. The van der Waals surface area contributed by atoms with Crippen LogP contribution in [0.4, 0.5) is 0 Å². The Bertz CT molecular complexity index is 855. The van der Waals surface area contributed by atoms with Gasteiger partial charge in [-0.05, 0) is 17.5 Å². The van der Waals surface area contributed by atoms with Crippen LogP contribution in [0.1, 0.15) is 0 Å². The van der Waals surface area contributed by atoms with E-state index in [-0.39, 0.29) is 0 Å². The van der Waals surface area contributed by atoms with Gasteiger partial charge in [-0.2, -0.15) is 5.10 Å². The molecule has 0 N–H and O–H groups in total. The summed E-state index contributed by atoms with van der Waals surface area (Å²) < 4.78 is 3.43. The van der Waals surface area contributed by atoms with E-state index in [0.717, 1.165) is 21.6 Å². The molecule has 0 bridgehead atoms. The zero-order chi connectivity index (χ0) is 12.1. The lowest BCUT2D eigenvalue weighted by atomic mass is 10.4. The monoisotopic (exact) mass is 256 g/mol. The molecular formula is C11H8N6S. The molecule has 6 nitrogen and oxygen atoms in total. The Morgan fingerprint density at radius 1 is 1.22 bits per heavy atom. The average Bonchev–Trinajstić information content (AvgIpc) is 3.04. The van der Waals surface area contributed by atoms with Crippen molar-refractivity contribution in [3.63, 3.8) is 0 Å². The van der Waals surface area contributed by atoms with Crippen molar-refractivity contribution in [2.24, 2.45) is 7.05 Å². The van der Waals surface area contributed by atoms with Crippen molar-refractivity contribution in [1.82, 2.24) is 29.4 Å². The molecule has 4 aromatic rings. The van der Waals surface area contributed by atoms with Gasteiger partial charge in [0.05, 0.1) is 5.39 Å². The fraction of sp³-hybridized carbons (Fsp3) is 0.0909. The lowest BCUT2D eigenvalue weighted by molar-refractivity contribution is 0.768. The number of aromatic nitrogens is 6. The summed E-state index contributed by atoms with van der Waals surface area (Å²) in [5.41, 5.74) is 1.59. The fourth-order valence-electron chi connectivity index (χ4n) is 1.91. The van der Waals surface area contributed by atoms with Gasteiger partial charge in [0, 0.05) is 13.2 Å². The van der Waals surface area contributed by atoms with Crippen LogP contribution in [-0.2, 0) is 7.05 Å². The van der Waals surface area contributed by atoms with Crippen molar-refractivity contribution in [2.75, 3.05) is 0 Å². The van der Waals surface area contributed by atoms with Crippen LogP contribution in [0, 0.1) is 0 Å². The summed E-state index contributed by atoms with van der Waals surface area (Å²) in [4.78, 5) is 9.85. The molecule has 0 atom stereocenters. The van der Waals surface area contributed by atoms with E-state index in [1.165, 1.54) is 0 Å². The molecule has 0 radical (unpaired) electrons. The molecule has 18 heavy (non-hydrogen) atoms. The molecule has 0 aliphatic rings. The minimum absolute atomic E-state index is 0.621. The van der Waals surface area contributed by atoms with Crippen LogP contribution in [-0.4, -0.2) is 29.4 Å². The maximum atomic E-state index is 4.54. The van der Waals surface area contributed by atoms with Crippen LogP contribution in [0.25, 0.3) is 27.4 Å². The smallest absolute Gasteiger partial charge is 0.202 e. The molecular weight excluding hydrogens is 248 g/mol. The minimum Gasteiger partial charge on any atom is -0.275 e. The van der Waals surface area contributed by atoms with Crippen LogP contribution in [0.15, 0.2) is 30.0 Å². The van der Waals surface area contributed by atoms with Gasteiger partial charge in [-0.25, -0.2) is 14.5 Å². The van der Waals surface area contributed by atoms with Gasteiger partial charge >= 0.3 is 0 Å². The number of rotatable bonds is 1. The van der Waals surface area contributed by atoms with Gasteiger partial charge in [0.15, 0.2) is 5.65 Å². The third-order valence-electron chi connectivity index (χ3n) is 2.74. The lowest BCUT2D eigenvalue weighted by Crippen LogP contribution is -1.90. The van der Waals surface area contributed by atoms with Gasteiger partial charge in [-0.3, -0.25) is 4.68 Å². The third-order valence-corrected chi connectivity index (χ3v) is 3.56. The Labute approximate surface area is 106 Å². The van der Waals surface area contributed by atoms with Crippen molar-refractivity contribution in [3.8, 4) is 11.5 Å². The Balaban J connectivity index is 2.03. The molecule has 0 spiro atoms. The van der Waals surface area contributed by atoms with E-state index < -0.39 is 0 Å². The van der Waals surface area contributed by atoms with Gasteiger partial charge in [0.25, 0.3) is 0 Å². The zero-order valence-electron chi connectivity index (χ0n) is 9.48. The molecule has 88 valence electrons. The molecule has 0 fully saturated rings. The van der Waals surface area contributed by atoms with Gasteiger partial charge in [0.1, 0.15) is 16.9 Å². The van der Waals surface area contributed by atoms with Crippen molar-refractivity contribution in [3.05, 3.63) is 30.0 Å². The van der Waals surface area contributed by atoms with Gasteiger partial charge in [0.2, 0.25) is 5.82 Å². The zero-order valence-corrected chi connectivity index (χ0v) is 10.3. The van der Waals surface area contributed by atoms with E-state index in [1.54, 1.807) is 26.9 Å². The Kier molecular flexibility index (Phi) is 1.81. The van der Waals surface area contributed by atoms with Crippen LogP contribution >= 0.6 is 11.3 Å². The predicted octanol–water partition coefficient (Wildman–Crippen LogP) is 1.74. The van der Waals surface area contributed by atoms with Crippen molar-refractivity contribution >= 4 is 27.2 Å². The topological polar surface area (TPSA) is 60.9 Å². The average molecular weight is 256 g/mol. The number of aryl methyl sites for hydroxylation is 1. The van der Waals surface area contributed by atoms with E-state index in [2.05, 4.69) is 20.2 Å². The van der Waals surface area contributed by atoms with E-state index in [0.29, 0.717) is 5.82 Å². The highest BCUT2D eigenvalue weighted by Gasteiger charge is 2.12. The quantitative estimate of drug-likeness (QED) is 0.520. The summed E-state index contributed by atoms with van der Waals surface area (Å²) in [6, 6.07) is 3.91. The fourth-order valence-corrected chi connectivity index (χ4v) is 2.64. The molecule has 7 heteroatoms. The maximum absolute atomic E-state index is 4.54. The lowest BCUT2D eigenvalue weighted by Gasteiger charge is -1.90. The number of hydrogen-bond donors (Lipinski definition) is 0. The first kappa shape index (κ1) is 9.72. The second-order valence-electron chi connectivity index (χ2n) is 3.96. The first-order valence-electron chi connectivity index (χ1n) is 5.40. The van der Waals surface area contributed by atoms with Crippen LogP contribution in [0.5, 0.6) is 0 Å². The summed E-state index contributed by atoms with van der Waals surface area (Å²) in [7, 11) is 1.87. The molecule has 4 rings (SSSR count). The van der Waals surface area contributed by atoms with Crippen LogP contribution < -0.4 is 0 Å². The Morgan fingerprint density at radius 3 is 3.00 bits per heavy atom.